The van der Waals surface area contributed by atoms with Crippen molar-refractivity contribution >= 4 is 27.4 Å². The molecule has 0 N–H and O–H groups in total. The Labute approximate surface area is 207 Å². The number of nitrogens with zero attached hydrogens (tertiary/aromatic N) is 3. The predicted molar refractivity (Wildman–Crippen MR) is 135 cm³/mol. The zero-order valence-corrected chi connectivity index (χ0v) is 20.9. The summed E-state index contributed by atoms with van der Waals surface area (Å²) in [5.41, 5.74) is 1.80. The molecule has 3 heterocycles. The molecule has 9 heteroatoms. The molecule has 0 spiro atoms. The minimum atomic E-state index is -3.77. The lowest BCUT2D eigenvalue weighted by molar-refractivity contribution is 0.357. The predicted octanol–water partition coefficient (Wildman–Crippen LogP) is 3.05. The van der Waals surface area contributed by atoms with E-state index in [4.69, 9.17) is 4.42 Å². The van der Waals surface area contributed by atoms with Crippen molar-refractivity contribution in [2.24, 2.45) is 4.99 Å². The van der Waals surface area contributed by atoms with Gasteiger partial charge in [-0.15, -0.1) is 0 Å². The van der Waals surface area contributed by atoms with Crippen LogP contribution in [0.4, 0.5) is 0 Å². The van der Waals surface area contributed by atoms with Crippen molar-refractivity contribution in [3.8, 4) is 0 Å². The number of furan rings is 1. The van der Waals surface area contributed by atoms with E-state index in [1.54, 1.807) is 47.0 Å². The molecule has 5 rings (SSSR count). The van der Waals surface area contributed by atoms with E-state index in [1.807, 2.05) is 37.3 Å². The third-order valence-electron chi connectivity index (χ3n) is 5.82. The Kier molecular flexibility index (Phi) is 6.55. The third kappa shape index (κ3) is 5.07. The van der Waals surface area contributed by atoms with E-state index in [2.05, 4.69) is 4.99 Å². The monoisotopic (exact) mass is 507 g/mol. The molecule has 4 aromatic rings. The van der Waals surface area contributed by atoms with Crippen molar-refractivity contribution < 1.29 is 12.8 Å². The molecule has 0 atom stereocenters. The van der Waals surface area contributed by atoms with Gasteiger partial charge in [0.1, 0.15) is 11.5 Å². The number of fused-ring (bicyclic) bond motifs is 1. The van der Waals surface area contributed by atoms with Gasteiger partial charge < -0.3 is 4.42 Å². The largest absolute Gasteiger partial charge is 0.460 e. The minimum absolute atomic E-state index is 0.0637. The number of thiazole rings is 1. The summed E-state index contributed by atoms with van der Waals surface area (Å²) in [6.45, 7) is 3.60. The first kappa shape index (κ1) is 23.5. The lowest BCUT2D eigenvalue weighted by atomic mass is 10.2. The highest BCUT2D eigenvalue weighted by molar-refractivity contribution is 7.89. The molecule has 2 aromatic carbocycles. The molecular formula is C26H25N3O4S2. The summed E-state index contributed by atoms with van der Waals surface area (Å²) in [6.07, 6.45) is 2.56. The van der Waals surface area contributed by atoms with Gasteiger partial charge in [-0.1, -0.05) is 59.4 Å². The molecule has 0 radical (unpaired) electrons. The van der Waals surface area contributed by atoms with Gasteiger partial charge in [-0.25, -0.2) is 8.42 Å². The van der Waals surface area contributed by atoms with E-state index in [0.29, 0.717) is 22.6 Å². The molecule has 1 aliphatic rings. The number of hydrogen-bond donors (Lipinski definition) is 0. The van der Waals surface area contributed by atoms with Crippen molar-refractivity contribution in [2.45, 2.75) is 37.9 Å². The average molecular weight is 508 g/mol. The topological polar surface area (TPSA) is 84.9 Å². The molecular weight excluding hydrogens is 482 g/mol. The molecule has 0 saturated heterocycles. The second kappa shape index (κ2) is 9.77. The van der Waals surface area contributed by atoms with E-state index in [0.717, 1.165) is 28.9 Å². The Hall–Kier alpha value is -3.27. The summed E-state index contributed by atoms with van der Waals surface area (Å²) in [5.74, 6) is 0.998. The van der Waals surface area contributed by atoms with Crippen LogP contribution in [0, 0.1) is 6.92 Å². The number of aryl methyl sites for hydroxylation is 1. The highest BCUT2D eigenvalue weighted by Gasteiger charge is 2.26. The fraction of sp³-hybridized carbons (Fsp3) is 0.231. The van der Waals surface area contributed by atoms with Crippen LogP contribution in [0.3, 0.4) is 0 Å². The van der Waals surface area contributed by atoms with E-state index in [1.165, 1.54) is 15.6 Å². The zero-order chi connectivity index (χ0) is 24.4. The standard InChI is InChI=1S/C26H25N3O4S2/c1-19-8-12-23(13-9-19)35(31,32)28(17-20-6-3-2-4-7-20)18-22-11-10-21(33-22)16-24-25(30)29-15-5-14-27-26(29)34-24/h2-4,6-13,16H,5,14-15,17-18H2,1H3/b24-16-. The summed E-state index contributed by atoms with van der Waals surface area (Å²) >= 11 is 1.35. The van der Waals surface area contributed by atoms with Gasteiger partial charge in [-0.05, 0) is 43.2 Å². The van der Waals surface area contributed by atoms with Gasteiger partial charge in [-0.2, -0.15) is 4.31 Å². The van der Waals surface area contributed by atoms with Crippen LogP contribution in [0.1, 0.15) is 29.1 Å². The molecule has 35 heavy (non-hydrogen) atoms. The van der Waals surface area contributed by atoms with Gasteiger partial charge in [0.2, 0.25) is 10.0 Å². The van der Waals surface area contributed by atoms with Gasteiger partial charge >= 0.3 is 0 Å². The molecule has 7 nitrogen and oxygen atoms in total. The van der Waals surface area contributed by atoms with Crippen molar-refractivity contribution in [1.82, 2.24) is 8.87 Å². The molecule has 0 unspecified atom stereocenters. The fourth-order valence-corrected chi connectivity index (χ4v) is 6.36. The number of hydrogen-bond acceptors (Lipinski definition) is 6. The maximum Gasteiger partial charge on any atom is 0.270 e. The SMILES string of the molecule is Cc1ccc(S(=O)(=O)N(Cc2ccccc2)Cc2ccc(/C=c3\sc4n(c3=O)CCCN=4)o2)cc1. The summed E-state index contributed by atoms with van der Waals surface area (Å²) in [7, 11) is -3.77. The van der Waals surface area contributed by atoms with E-state index < -0.39 is 10.0 Å². The first-order chi connectivity index (χ1) is 16.9. The Morgan fingerprint density at radius 3 is 2.57 bits per heavy atom. The highest BCUT2D eigenvalue weighted by Crippen LogP contribution is 2.22. The van der Waals surface area contributed by atoms with Crippen LogP contribution < -0.4 is 14.9 Å². The van der Waals surface area contributed by atoms with Crippen LogP contribution in [0.5, 0.6) is 0 Å². The summed E-state index contributed by atoms with van der Waals surface area (Å²) in [4.78, 5) is 18.1. The lowest BCUT2D eigenvalue weighted by Gasteiger charge is -2.21. The third-order valence-corrected chi connectivity index (χ3v) is 8.67. The molecule has 0 aliphatic carbocycles. The Morgan fingerprint density at radius 2 is 1.83 bits per heavy atom. The minimum Gasteiger partial charge on any atom is -0.460 e. The molecule has 0 amide bonds. The molecule has 1 aliphatic heterocycles. The molecule has 0 fully saturated rings. The van der Waals surface area contributed by atoms with Gasteiger partial charge in [0.15, 0.2) is 4.80 Å². The Balaban J connectivity index is 1.46. The number of benzene rings is 2. The van der Waals surface area contributed by atoms with Crippen molar-refractivity contribution in [1.29, 1.82) is 0 Å². The number of rotatable bonds is 7. The van der Waals surface area contributed by atoms with E-state index in [9.17, 15) is 13.2 Å². The van der Waals surface area contributed by atoms with Crippen LogP contribution in [-0.4, -0.2) is 23.8 Å². The van der Waals surface area contributed by atoms with Gasteiger partial charge in [0.05, 0.1) is 16.0 Å². The van der Waals surface area contributed by atoms with Gasteiger partial charge in [0.25, 0.3) is 5.56 Å². The highest BCUT2D eigenvalue weighted by atomic mass is 32.2. The quantitative estimate of drug-likeness (QED) is 0.385. The smallest absolute Gasteiger partial charge is 0.270 e. The first-order valence-electron chi connectivity index (χ1n) is 11.4. The van der Waals surface area contributed by atoms with Crippen molar-refractivity contribution in [3.63, 3.8) is 0 Å². The Morgan fingerprint density at radius 1 is 1.06 bits per heavy atom. The lowest BCUT2D eigenvalue weighted by Crippen LogP contribution is -2.33. The van der Waals surface area contributed by atoms with Crippen LogP contribution in [0.25, 0.3) is 6.08 Å². The molecule has 0 bridgehead atoms. The van der Waals surface area contributed by atoms with E-state index >= 15 is 0 Å². The summed E-state index contributed by atoms with van der Waals surface area (Å²) in [6, 6.07) is 19.8. The van der Waals surface area contributed by atoms with Crippen molar-refractivity contribution in [2.75, 3.05) is 6.54 Å². The summed E-state index contributed by atoms with van der Waals surface area (Å²) in [5, 5.41) is 0. The second-order valence-corrected chi connectivity index (χ2v) is 11.4. The first-order valence-corrected chi connectivity index (χ1v) is 13.6. The average Bonchev–Trinajstić information content (AvgIpc) is 3.43. The van der Waals surface area contributed by atoms with Gasteiger partial charge in [-0.3, -0.25) is 14.4 Å². The number of sulfonamides is 1. The van der Waals surface area contributed by atoms with Crippen LogP contribution in [0.15, 0.2) is 85.8 Å². The van der Waals surface area contributed by atoms with E-state index in [-0.39, 0.29) is 23.5 Å². The molecule has 180 valence electrons. The molecule has 2 aromatic heterocycles. The number of aromatic nitrogens is 1. The maximum atomic E-state index is 13.5. The van der Waals surface area contributed by atoms with Crippen LogP contribution >= 0.6 is 11.3 Å². The van der Waals surface area contributed by atoms with Crippen molar-refractivity contribution in [3.05, 3.63) is 109 Å². The van der Waals surface area contributed by atoms with Gasteiger partial charge in [0, 0.05) is 25.7 Å². The zero-order valence-electron chi connectivity index (χ0n) is 19.3. The summed E-state index contributed by atoms with van der Waals surface area (Å²) < 4.78 is 36.7. The van der Waals surface area contributed by atoms with Crippen LogP contribution in [0.2, 0.25) is 0 Å². The fourth-order valence-electron chi connectivity index (χ4n) is 3.96. The van der Waals surface area contributed by atoms with Crippen LogP contribution in [-0.2, 0) is 29.7 Å². The maximum absolute atomic E-state index is 13.5. The Bertz CT molecular complexity index is 1620. The molecule has 0 saturated carbocycles. The second-order valence-electron chi connectivity index (χ2n) is 8.46. The normalized spacial score (nSPS) is 14.2.